The third-order valence-electron chi connectivity index (χ3n) is 5.84. The van der Waals surface area contributed by atoms with E-state index in [4.69, 9.17) is 4.74 Å². The summed E-state index contributed by atoms with van der Waals surface area (Å²) in [7, 11) is 0. The fourth-order valence-electron chi connectivity index (χ4n) is 4.30. The highest BCUT2D eigenvalue weighted by atomic mass is 16.5. The number of hydrogen-bond acceptors (Lipinski definition) is 3. The Morgan fingerprint density at radius 2 is 1.87 bits per heavy atom. The molecule has 0 spiro atoms. The standard InChI is InChI=1S/C26H36N2O2/c1-4-11-23(22-12-7-8-13-24(22)28-16-9-6-10-17-28)27-26(29)19-21-15-14-20(3)25(18-21)30-5-2/h7-8,12-15,18,23H,4-6,9-11,16-17,19H2,1-3H3,(H,27,29). The van der Waals surface area contributed by atoms with Crippen molar-refractivity contribution in [3.05, 3.63) is 59.2 Å². The van der Waals surface area contributed by atoms with Crippen LogP contribution in [0.4, 0.5) is 5.69 Å². The molecular formula is C26H36N2O2. The molecule has 0 bridgehead atoms. The number of amides is 1. The number of benzene rings is 2. The van der Waals surface area contributed by atoms with Gasteiger partial charge in [-0.3, -0.25) is 4.79 Å². The Kier molecular flexibility index (Phi) is 8.18. The second kappa shape index (κ2) is 11.1. The predicted octanol–water partition coefficient (Wildman–Crippen LogP) is 5.58. The Balaban J connectivity index is 1.74. The first-order valence-electron chi connectivity index (χ1n) is 11.5. The van der Waals surface area contributed by atoms with E-state index >= 15 is 0 Å². The average Bonchev–Trinajstić information content (AvgIpc) is 2.76. The lowest BCUT2D eigenvalue weighted by Crippen LogP contribution is -2.34. The van der Waals surface area contributed by atoms with Gasteiger partial charge in [-0.15, -0.1) is 0 Å². The molecule has 1 atom stereocenters. The van der Waals surface area contributed by atoms with Gasteiger partial charge in [0.25, 0.3) is 0 Å². The first-order chi connectivity index (χ1) is 14.6. The Morgan fingerprint density at radius 3 is 2.60 bits per heavy atom. The summed E-state index contributed by atoms with van der Waals surface area (Å²) in [5.74, 6) is 0.927. The van der Waals surface area contributed by atoms with Gasteiger partial charge in [-0.1, -0.05) is 43.7 Å². The number of carbonyl (C=O) groups excluding carboxylic acids is 1. The maximum atomic E-state index is 12.9. The molecule has 1 saturated heterocycles. The quantitative estimate of drug-likeness (QED) is 0.588. The molecule has 1 heterocycles. The van der Waals surface area contributed by atoms with Crippen molar-refractivity contribution in [2.75, 3.05) is 24.6 Å². The molecule has 3 rings (SSSR count). The molecule has 1 unspecified atom stereocenters. The Hall–Kier alpha value is -2.49. The Morgan fingerprint density at radius 1 is 1.10 bits per heavy atom. The molecule has 162 valence electrons. The predicted molar refractivity (Wildman–Crippen MR) is 124 cm³/mol. The van der Waals surface area contributed by atoms with Crippen molar-refractivity contribution in [1.29, 1.82) is 0 Å². The summed E-state index contributed by atoms with van der Waals surface area (Å²) in [5, 5.41) is 3.32. The van der Waals surface area contributed by atoms with Crippen LogP contribution >= 0.6 is 0 Å². The van der Waals surface area contributed by atoms with Gasteiger partial charge in [0, 0.05) is 18.8 Å². The van der Waals surface area contributed by atoms with E-state index in [-0.39, 0.29) is 11.9 Å². The summed E-state index contributed by atoms with van der Waals surface area (Å²) in [6.45, 7) is 9.03. The maximum Gasteiger partial charge on any atom is 0.224 e. The van der Waals surface area contributed by atoms with E-state index in [1.165, 1.54) is 30.5 Å². The van der Waals surface area contributed by atoms with Gasteiger partial charge in [-0.05, 0) is 68.4 Å². The minimum atomic E-state index is 0.0393. The lowest BCUT2D eigenvalue weighted by molar-refractivity contribution is -0.121. The average molecular weight is 409 g/mol. The number of aryl methyl sites for hydroxylation is 1. The van der Waals surface area contributed by atoms with Crippen LogP contribution in [0.1, 0.15) is 68.7 Å². The largest absolute Gasteiger partial charge is 0.494 e. The van der Waals surface area contributed by atoms with Gasteiger partial charge in [0.05, 0.1) is 19.1 Å². The Labute approximate surface area is 181 Å². The number of para-hydroxylation sites is 1. The second-order valence-electron chi connectivity index (χ2n) is 8.22. The minimum Gasteiger partial charge on any atom is -0.494 e. The molecule has 0 aromatic heterocycles. The fraction of sp³-hybridized carbons (Fsp3) is 0.500. The molecule has 4 nitrogen and oxygen atoms in total. The van der Waals surface area contributed by atoms with Gasteiger partial charge in [-0.25, -0.2) is 0 Å². The monoisotopic (exact) mass is 408 g/mol. The van der Waals surface area contributed by atoms with E-state index in [0.29, 0.717) is 13.0 Å². The van der Waals surface area contributed by atoms with Crippen molar-refractivity contribution in [3.63, 3.8) is 0 Å². The van der Waals surface area contributed by atoms with Crippen LogP contribution < -0.4 is 15.0 Å². The highest BCUT2D eigenvalue weighted by molar-refractivity contribution is 5.79. The number of nitrogens with zero attached hydrogens (tertiary/aromatic N) is 1. The molecule has 1 fully saturated rings. The van der Waals surface area contributed by atoms with Crippen LogP contribution in [-0.2, 0) is 11.2 Å². The molecule has 2 aromatic carbocycles. The third kappa shape index (κ3) is 5.78. The van der Waals surface area contributed by atoms with E-state index in [2.05, 4.69) is 41.4 Å². The highest BCUT2D eigenvalue weighted by Crippen LogP contribution is 2.31. The molecule has 30 heavy (non-hydrogen) atoms. The zero-order valence-electron chi connectivity index (χ0n) is 18.7. The maximum absolute atomic E-state index is 12.9. The van der Waals surface area contributed by atoms with Crippen molar-refractivity contribution in [2.24, 2.45) is 0 Å². The number of carbonyl (C=O) groups is 1. The molecular weight excluding hydrogens is 372 g/mol. The van der Waals surface area contributed by atoms with Crippen molar-refractivity contribution >= 4 is 11.6 Å². The molecule has 0 saturated carbocycles. The molecule has 0 radical (unpaired) electrons. The van der Waals surface area contributed by atoms with Gasteiger partial charge in [0.2, 0.25) is 5.91 Å². The van der Waals surface area contributed by atoms with Crippen LogP contribution in [0.2, 0.25) is 0 Å². The minimum absolute atomic E-state index is 0.0393. The zero-order valence-corrected chi connectivity index (χ0v) is 18.7. The summed E-state index contributed by atoms with van der Waals surface area (Å²) in [6.07, 6.45) is 6.14. The first kappa shape index (κ1) is 22.2. The fourth-order valence-corrected chi connectivity index (χ4v) is 4.30. The second-order valence-corrected chi connectivity index (χ2v) is 8.22. The highest BCUT2D eigenvalue weighted by Gasteiger charge is 2.21. The van der Waals surface area contributed by atoms with Gasteiger partial charge in [0.1, 0.15) is 5.75 Å². The van der Waals surface area contributed by atoms with Crippen LogP contribution in [-0.4, -0.2) is 25.6 Å². The smallest absolute Gasteiger partial charge is 0.224 e. The van der Waals surface area contributed by atoms with Crippen LogP contribution in [0.25, 0.3) is 0 Å². The number of anilines is 1. The van der Waals surface area contributed by atoms with Gasteiger partial charge >= 0.3 is 0 Å². The topological polar surface area (TPSA) is 41.6 Å². The normalized spacial score (nSPS) is 15.0. The van der Waals surface area contributed by atoms with Crippen molar-refractivity contribution in [1.82, 2.24) is 5.32 Å². The van der Waals surface area contributed by atoms with Crippen LogP contribution in [0.3, 0.4) is 0 Å². The van der Waals surface area contributed by atoms with Crippen LogP contribution in [0.5, 0.6) is 5.75 Å². The van der Waals surface area contributed by atoms with Crippen molar-refractivity contribution < 1.29 is 9.53 Å². The van der Waals surface area contributed by atoms with Crippen LogP contribution in [0.15, 0.2) is 42.5 Å². The lowest BCUT2D eigenvalue weighted by Gasteiger charge is -2.32. The van der Waals surface area contributed by atoms with E-state index < -0.39 is 0 Å². The van der Waals surface area contributed by atoms with E-state index in [0.717, 1.165) is 42.8 Å². The number of rotatable bonds is 9. The first-order valence-corrected chi connectivity index (χ1v) is 11.5. The van der Waals surface area contributed by atoms with Crippen molar-refractivity contribution in [2.45, 2.75) is 65.3 Å². The summed E-state index contributed by atoms with van der Waals surface area (Å²) in [4.78, 5) is 15.4. The van der Waals surface area contributed by atoms with Crippen molar-refractivity contribution in [3.8, 4) is 5.75 Å². The summed E-state index contributed by atoms with van der Waals surface area (Å²) in [6, 6.07) is 14.7. The molecule has 1 aliphatic rings. The number of ether oxygens (including phenoxy) is 1. The van der Waals surface area contributed by atoms with Gasteiger partial charge in [0.15, 0.2) is 0 Å². The summed E-state index contributed by atoms with van der Waals surface area (Å²) in [5.41, 5.74) is 4.61. The molecule has 1 amide bonds. The van der Waals surface area contributed by atoms with Crippen LogP contribution in [0, 0.1) is 6.92 Å². The molecule has 4 heteroatoms. The van der Waals surface area contributed by atoms with Gasteiger partial charge < -0.3 is 15.0 Å². The molecule has 1 aliphatic heterocycles. The molecule has 0 aliphatic carbocycles. The molecule has 2 aromatic rings. The summed E-state index contributed by atoms with van der Waals surface area (Å²) >= 11 is 0. The third-order valence-corrected chi connectivity index (χ3v) is 5.84. The van der Waals surface area contributed by atoms with E-state index in [1.807, 2.05) is 32.0 Å². The van der Waals surface area contributed by atoms with E-state index in [9.17, 15) is 4.79 Å². The zero-order chi connectivity index (χ0) is 21.3. The molecule has 1 N–H and O–H groups in total. The summed E-state index contributed by atoms with van der Waals surface area (Å²) < 4.78 is 5.69. The number of nitrogens with one attached hydrogen (secondary N) is 1. The Bertz CT molecular complexity index is 828. The van der Waals surface area contributed by atoms with E-state index in [1.54, 1.807) is 0 Å². The SMILES string of the molecule is CCCC(NC(=O)Cc1ccc(C)c(OCC)c1)c1ccccc1N1CCCCC1. The number of hydrogen-bond donors (Lipinski definition) is 1. The lowest BCUT2D eigenvalue weighted by atomic mass is 9.98. The number of piperidine rings is 1. The van der Waals surface area contributed by atoms with Gasteiger partial charge in [-0.2, -0.15) is 0 Å².